The van der Waals surface area contributed by atoms with Crippen molar-refractivity contribution in [3.63, 3.8) is 0 Å². The molecule has 0 heterocycles. The molecule has 0 aliphatic heterocycles. The zero-order valence-corrected chi connectivity index (χ0v) is 13.5. The van der Waals surface area contributed by atoms with Crippen LogP contribution in [0.2, 0.25) is 0 Å². The van der Waals surface area contributed by atoms with E-state index in [1.807, 2.05) is 6.92 Å². The van der Waals surface area contributed by atoms with Crippen LogP contribution in [0.25, 0.3) is 0 Å². The lowest BCUT2D eigenvalue weighted by Crippen LogP contribution is -2.54. The van der Waals surface area contributed by atoms with Crippen LogP contribution in [0.1, 0.15) is 38.7 Å². The highest BCUT2D eigenvalue weighted by Gasteiger charge is 2.36. The van der Waals surface area contributed by atoms with Gasteiger partial charge in [-0.3, -0.25) is 4.79 Å². The molecule has 0 radical (unpaired) electrons. The molecule has 128 valence electrons. The summed E-state index contributed by atoms with van der Waals surface area (Å²) in [5.74, 6) is -3.83. The number of carbonyl (C=O) groups excluding carboxylic acids is 2. The summed E-state index contributed by atoms with van der Waals surface area (Å²) < 4.78 is 28.1. The first kappa shape index (κ1) is 19.2. The van der Waals surface area contributed by atoms with Crippen LogP contribution in [-0.2, 0) is 16.0 Å². The summed E-state index contributed by atoms with van der Waals surface area (Å²) >= 11 is 0. The number of hydrogen-bond donors (Lipinski definition) is 2. The summed E-state index contributed by atoms with van der Waals surface area (Å²) in [6, 6.07) is 6.93. The summed E-state index contributed by atoms with van der Waals surface area (Å²) in [6.07, 6.45) is 0.469. The lowest BCUT2D eigenvalue weighted by Gasteiger charge is -2.27. The average Bonchev–Trinajstić information content (AvgIpc) is 2.47. The minimum atomic E-state index is -3.10. The first-order chi connectivity index (χ1) is 10.7. The second-order valence-electron chi connectivity index (χ2n) is 6.10. The Hall–Kier alpha value is -1.82. The lowest BCUT2D eigenvalue weighted by molar-refractivity contribution is -0.129. The molecule has 2 atom stereocenters. The zero-order chi connectivity index (χ0) is 17.5. The van der Waals surface area contributed by atoms with E-state index in [1.165, 1.54) is 0 Å². The van der Waals surface area contributed by atoms with Gasteiger partial charge in [0.25, 0.3) is 5.92 Å². The van der Waals surface area contributed by atoms with Gasteiger partial charge in [0.15, 0.2) is 0 Å². The molecule has 3 N–H and O–H groups in total. The number of alkyl halides is 2. The van der Waals surface area contributed by atoms with Gasteiger partial charge < -0.3 is 15.8 Å². The highest BCUT2D eigenvalue weighted by Crippen LogP contribution is 2.25. The third kappa shape index (κ3) is 6.44. The van der Waals surface area contributed by atoms with Gasteiger partial charge in [-0.25, -0.2) is 8.78 Å². The van der Waals surface area contributed by atoms with Gasteiger partial charge in [0.1, 0.15) is 6.29 Å². The molecular weight excluding hydrogens is 302 g/mol. The minimum Gasteiger partial charge on any atom is -0.343 e. The van der Waals surface area contributed by atoms with Gasteiger partial charge in [-0.15, -0.1) is 0 Å². The Morgan fingerprint density at radius 3 is 2.48 bits per heavy atom. The second-order valence-corrected chi connectivity index (χ2v) is 6.10. The zero-order valence-electron chi connectivity index (χ0n) is 13.5. The quantitative estimate of drug-likeness (QED) is 0.685. The normalized spacial score (nSPS) is 15.5. The lowest BCUT2D eigenvalue weighted by atomic mass is 9.96. The Labute approximate surface area is 135 Å². The predicted octanol–water partition coefficient (Wildman–Crippen LogP) is 2.46. The van der Waals surface area contributed by atoms with E-state index >= 15 is 0 Å². The summed E-state index contributed by atoms with van der Waals surface area (Å²) in [5.41, 5.74) is 5.02. The molecule has 1 aromatic carbocycles. The number of nitrogens with one attached hydrogen (secondary N) is 1. The standard InChI is InChI=1S/C17H24F2N2O2/c1-3-9-16(2,12-22)21-15(23)14(20)11-17(18,19)10-13-7-5-4-6-8-13/h4-8,12,14H,3,9-11,20H2,1-2H3,(H,21,23)/t14-,16-/m0/s1. The van der Waals surface area contributed by atoms with E-state index in [9.17, 15) is 18.4 Å². The fraction of sp³-hybridized carbons (Fsp3) is 0.529. The molecule has 0 fully saturated rings. The highest BCUT2D eigenvalue weighted by molar-refractivity contribution is 5.85. The van der Waals surface area contributed by atoms with E-state index in [0.717, 1.165) is 0 Å². The topological polar surface area (TPSA) is 72.2 Å². The van der Waals surface area contributed by atoms with Crippen molar-refractivity contribution >= 4 is 12.2 Å². The Bertz CT molecular complexity index is 523. The maximum atomic E-state index is 14.1. The molecule has 1 amide bonds. The molecule has 0 unspecified atom stereocenters. The molecule has 6 heteroatoms. The van der Waals surface area contributed by atoms with Crippen molar-refractivity contribution in [1.82, 2.24) is 5.32 Å². The maximum absolute atomic E-state index is 14.1. The molecule has 23 heavy (non-hydrogen) atoms. The van der Waals surface area contributed by atoms with Crippen LogP contribution in [0.15, 0.2) is 30.3 Å². The van der Waals surface area contributed by atoms with Gasteiger partial charge in [0.2, 0.25) is 5.91 Å². The molecule has 0 bridgehead atoms. The third-order valence-electron chi connectivity index (χ3n) is 3.60. The van der Waals surface area contributed by atoms with E-state index in [1.54, 1.807) is 37.3 Å². The van der Waals surface area contributed by atoms with Gasteiger partial charge >= 0.3 is 0 Å². The summed E-state index contributed by atoms with van der Waals surface area (Å²) in [4.78, 5) is 23.1. The molecule has 0 saturated carbocycles. The molecule has 0 aliphatic rings. The summed E-state index contributed by atoms with van der Waals surface area (Å²) in [6.45, 7) is 3.41. The third-order valence-corrected chi connectivity index (χ3v) is 3.60. The van der Waals surface area contributed by atoms with Crippen molar-refractivity contribution in [1.29, 1.82) is 0 Å². The van der Waals surface area contributed by atoms with E-state index < -0.39 is 36.3 Å². The van der Waals surface area contributed by atoms with Crippen LogP contribution in [0, 0.1) is 0 Å². The van der Waals surface area contributed by atoms with E-state index in [2.05, 4.69) is 5.32 Å². The molecule has 0 saturated heterocycles. The van der Waals surface area contributed by atoms with Crippen molar-refractivity contribution in [2.24, 2.45) is 5.73 Å². The van der Waals surface area contributed by atoms with Gasteiger partial charge in [0.05, 0.1) is 11.6 Å². The Morgan fingerprint density at radius 2 is 1.96 bits per heavy atom. The Balaban J connectivity index is 2.64. The Kier molecular flexibility index (Phi) is 6.81. The Morgan fingerprint density at radius 1 is 1.35 bits per heavy atom. The maximum Gasteiger partial charge on any atom is 0.254 e. The van der Waals surface area contributed by atoms with Crippen LogP contribution >= 0.6 is 0 Å². The largest absolute Gasteiger partial charge is 0.343 e. The number of amides is 1. The van der Waals surface area contributed by atoms with Crippen molar-refractivity contribution in [2.75, 3.05) is 0 Å². The average molecular weight is 326 g/mol. The molecule has 1 aromatic rings. The number of rotatable bonds is 9. The van der Waals surface area contributed by atoms with Gasteiger partial charge in [0, 0.05) is 12.8 Å². The highest BCUT2D eigenvalue weighted by atomic mass is 19.3. The van der Waals surface area contributed by atoms with Crippen LogP contribution in [0.4, 0.5) is 8.78 Å². The number of benzene rings is 1. The van der Waals surface area contributed by atoms with Crippen molar-refractivity contribution in [3.05, 3.63) is 35.9 Å². The van der Waals surface area contributed by atoms with E-state index in [-0.39, 0.29) is 0 Å². The molecule has 1 rings (SSSR count). The SMILES string of the molecule is CCC[C@@](C)(C=O)NC(=O)[C@@H](N)CC(F)(F)Cc1ccccc1. The molecule has 0 aromatic heterocycles. The second kappa shape index (κ2) is 8.15. The van der Waals surface area contributed by atoms with Crippen LogP contribution in [0.3, 0.4) is 0 Å². The summed E-state index contributed by atoms with van der Waals surface area (Å²) in [7, 11) is 0. The number of hydrogen-bond acceptors (Lipinski definition) is 3. The van der Waals surface area contributed by atoms with E-state index in [4.69, 9.17) is 5.73 Å². The van der Waals surface area contributed by atoms with Crippen molar-refractivity contribution < 1.29 is 18.4 Å². The van der Waals surface area contributed by atoms with Crippen LogP contribution in [0.5, 0.6) is 0 Å². The minimum absolute atomic E-state index is 0.426. The number of nitrogens with two attached hydrogens (primary N) is 1. The van der Waals surface area contributed by atoms with Crippen molar-refractivity contribution in [3.8, 4) is 0 Å². The number of carbonyl (C=O) groups is 2. The van der Waals surface area contributed by atoms with E-state index in [0.29, 0.717) is 24.7 Å². The monoisotopic (exact) mass is 326 g/mol. The fourth-order valence-electron chi connectivity index (χ4n) is 2.43. The van der Waals surface area contributed by atoms with Crippen LogP contribution < -0.4 is 11.1 Å². The number of halogens is 2. The van der Waals surface area contributed by atoms with Gasteiger partial charge in [-0.1, -0.05) is 43.7 Å². The van der Waals surface area contributed by atoms with Crippen molar-refractivity contribution in [2.45, 2.75) is 57.0 Å². The first-order valence-electron chi connectivity index (χ1n) is 7.67. The number of aldehydes is 1. The molecule has 4 nitrogen and oxygen atoms in total. The predicted molar refractivity (Wildman–Crippen MR) is 85.2 cm³/mol. The van der Waals surface area contributed by atoms with Gasteiger partial charge in [-0.2, -0.15) is 0 Å². The van der Waals surface area contributed by atoms with Gasteiger partial charge in [-0.05, 0) is 18.9 Å². The first-order valence-corrected chi connectivity index (χ1v) is 7.67. The fourth-order valence-corrected chi connectivity index (χ4v) is 2.43. The molecule has 0 aliphatic carbocycles. The molecular formula is C17H24F2N2O2. The summed E-state index contributed by atoms with van der Waals surface area (Å²) in [5, 5.41) is 2.46. The molecule has 0 spiro atoms. The van der Waals surface area contributed by atoms with Crippen LogP contribution in [-0.4, -0.2) is 29.7 Å². The smallest absolute Gasteiger partial charge is 0.254 e.